The van der Waals surface area contributed by atoms with Crippen molar-refractivity contribution in [1.29, 1.82) is 0 Å². The highest BCUT2D eigenvalue weighted by Gasteiger charge is 2.36. The van der Waals surface area contributed by atoms with Gasteiger partial charge in [-0.3, -0.25) is 4.98 Å². The average Bonchev–Trinajstić information content (AvgIpc) is 2.49. The minimum Gasteiger partial charge on any atom is -0.463 e. The van der Waals surface area contributed by atoms with Gasteiger partial charge < -0.3 is 19.5 Å². The third-order valence-electron chi connectivity index (χ3n) is 3.63. The van der Waals surface area contributed by atoms with Crippen molar-refractivity contribution >= 4 is 12.1 Å². The van der Waals surface area contributed by atoms with Crippen molar-refractivity contribution in [3.8, 4) is 0 Å². The molecule has 2 rings (SSSR count). The van der Waals surface area contributed by atoms with E-state index in [0.717, 1.165) is 5.56 Å². The molecule has 1 aromatic heterocycles. The molecule has 1 aliphatic rings. The van der Waals surface area contributed by atoms with Gasteiger partial charge in [0.2, 0.25) is 0 Å². The van der Waals surface area contributed by atoms with Crippen LogP contribution in [0.1, 0.15) is 33.3 Å². The number of amides is 1. The summed E-state index contributed by atoms with van der Waals surface area (Å²) in [5.41, 5.74) is 0.0700. The second kappa shape index (κ2) is 7.82. The molecular formula is C18H26N2O5. The molecular weight excluding hydrogens is 324 g/mol. The van der Waals surface area contributed by atoms with Gasteiger partial charge in [-0.05, 0) is 38.5 Å². The molecule has 0 radical (unpaired) electrons. The minimum atomic E-state index is -0.832. The van der Waals surface area contributed by atoms with Crippen LogP contribution in [0.15, 0.2) is 24.5 Å². The Morgan fingerprint density at radius 3 is 2.48 bits per heavy atom. The summed E-state index contributed by atoms with van der Waals surface area (Å²) in [7, 11) is 0. The summed E-state index contributed by atoms with van der Waals surface area (Å²) in [5.74, 6) is -0.490. The van der Waals surface area contributed by atoms with Crippen LogP contribution in [0.25, 0.3) is 0 Å². The zero-order valence-electron chi connectivity index (χ0n) is 15.2. The van der Waals surface area contributed by atoms with Gasteiger partial charge in [0.15, 0.2) is 0 Å². The van der Waals surface area contributed by atoms with E-state index >= 15 is 0 Å². The Balaban J connectivity index is 1.99. The number of rotatable bonds is 6. The third-order valence-corrected chi connectivity index (χ3v) is 3.63. The molecule has 7 nitrogen and oxygen atoms in total. The fourth-order valence-electron chi connectivity index (χ4n) is 2.28. The number of carbonyl (C=O) groups is 2. The van der Waals surface area contributed by atoms with E-state index in [1.807, 2.05) is 6.92 Å². The van der Waals surface area contributed by atoms with Crippen LogP contribution >= 0.6 is 0 Å². The van der Waals surface area contributed by atoms with E-state index in [4.69, 9.17) is 14.2 Å². The fraction of sp³-hybridized carbons (Fsp3) is 0.611. The topological polar surface area (TPSA) is 86.8 Å². The third kappa shape index (κ3) is 6.34. The number of nitrogens with zero attached hydrogens (tertiary/aromatic N) is 1. The summed E-state index contributed by atoms with van der Waals surface area (Å²) in [6.45, 7) is 8.67. The van der Waals surface area contributed by atoms with Crippen LogP contribution in [0.2, 0.25) is 0 Å². The first kappa shape index (κ1) is 19.2. The highest BCUT2D eigenvalue weighted by atomic mass is 16.6. The maximum absolute atomic E-state index is 12.5. The van der Waals surface area contributed by atoms with Gasteiger partial charge in [-0.15, -0.1) is 0 Å². The van der Waals surface area contributed by atoms with E-state index in [2.05, 4.69) is 10.3 Å². The Morgan fingerprint density at radius 2 is 1.96 bits per heavy atom. The minimum absolute atomic E-state index is 0.150. The van der Waals surface area contributed by atoms with Gasteiger partial charge in [0.25, 0.3) is 0 Å². The normalized spacial score (nSPS) is 17.1. The molecule has 1 fully saturated rings. The molecule has 25 heavy (non-hydrogen) atoms. The Bertz CT molecular complexity index is 593. The Labute approximate surface area is 148 Å². The quantitative estimate of drug-likeness (QED) is 0.791. The number of hydrogen-bond acceptors (Lipinski definition) is 6. The maximum Gasteiger partial charge on any atom is 0.408 e. The number of hydrogen-bond donors (Lipinski definition) is 1. The van der Waals surface area contributed by atoms with Gasteiger partial charge in [0.05, 0.1) is 13.2 Å². The predicted octanol–water partition coefficient (Wildman–Crippen LogP) is 2.10. The van der Waals surface area contributed by atoms with Crippen molar-refractivity contribution in [3.63, 3.8) is 0 Å². The molecule has 0 spiro atoms. The van der Waals surface area contributed by atoms with Gasteiger partial charge in [-0.2, -0.15) is 0 Å². The van der Waals surface area contributed by atoms with Crippen LogP contribution in [-0.2, 0) is 25.4 Å². The fourth-order valence-corrected chi connectivity index (χ4v) is 2.28. The summed E-state index contributed by atoms with van der Waals surface area (Å²) in [6.07, 6.45) is 2.92. The van der Waals surface area contributed by atoms with Crippen molar-refractivity contribution in [3.05, 3.63) is 30.1 Å². The molecule has 0 aromatic carbocycles. The number of aromatic nitrogens is 1. The number of esters is 1. The maximum atomic E-state index is 12.5. The zero-order valence-corrected chi connectivity index (χ0v) is 15.2. The van der Waals surface area contributed by atoms with Gasteiger partial charge in [-0.1, -0.05) is 6.92 Å². The van der Waals surface area contributed by atoms with Gasteiger partial charge in [0, 0.05) is 24.2 Å². The lowest BCUT2D eigenvalue weighted by Gasteiger charge is -2.37. The Hall–Kier alpha value is -2.15. The van der Waals surface area contributed by atoms with Crippen LogP contribution < -0.4 is 5.32 Å². The number of nitrogens with one attached hydrogen (secondary N) is 1. The largest absolute Gasteiger partial charge is 0.463 e. The molecule has 0 bridgehead atoms. The molecule has 1 aliphatic heterocycles. The van der Waals surface area contributed by atoms with E-state index in [1.54, 1.807) is 45.3 Å². The van der Waals surface area contributed by atoms with Crippen molar-refractivity contribution in [2.75, 3.05) is 19.8 Å². The van der Waals surface area contributed by atoms with Crippen LogP contribution in [0, 0.1) is 5.41 Å². The predicted molar refractivity (Wildman–Crippen MR) is 91.0 cm³/mol. The lowest BCUT2D eigenvalue weighted by atomic mass is 9.90. The molecule has 138 valence electrons. The number of carbonyl (C=O) groups excluding carboxylic acids is 2. The molecule has 1 atom stereocenters. The molecule has 0 unspecified atom stereocenters. The Kier molecular flexibility index (Phi) is 6.00. The van der Waals surface area contributed by atoms with Crippen molar-refractivity contribution in [2.24, 2.45) is 5.41 Å². The first-order valence-corrected chi connectivity index (χ1v) is 8.30. The highest BCUT2D eigenvalue weighted by Crippen LogP contribution is 2.26. The first-order valence-electron chi connectivity index (χ1n) is 8.30. The standard InChI is InChI=1S/C18H26N2O5/c1-17(2,3)25-16(22)20-14(9-13-5-7-19-8-6-13)15(21)24-12-18(4)10-23-11-18/h5-8,14H,9-12H2,1-4H3,(H,20,22)/t14-/m0/s1. The van der Waals surface area contributed by atoms with Crippen LogP contribution in [-0.4, -0.2) is 48.5 Å². The number of ether oxygens (including phenoxy) is 3. The molecule has 1 aromatic rings. The molecule has 0 aliphatic carbocycles. The second-order valence-electron chi connectivity index (χ2n) is 7.67. The highest BCUT2D eigenvalue weighted by molar-refractivity contribution is 5.81. The van der Waals surface area contributed by atoms with E-state index in [1.165, 1.54) is 0 Å². The monoisotopic (exact) mass is 350 g/mol. The molecule has 1 amide bonds. The smallest absolute Gasteiger partial charge is 0.408 e. The van der Waals surface area contributed by atoms with Crippen LogP contribution in [0.5, 0.6) is 0 Å². The average molecular weight is 350 g/mol. The number of pyridine rings is 1. The summed E-state index contributed by atoms with van der Waals surface area (Å²) >= 11 is 0. The first-order chi connectivity index (χ1) is 11.7. The summed E-state index contributed by atoms with van der Waals surface area (Å²) in [4.78, 5) is 28.5. The van der Waals surface area contributed by atoms with Crippen LogP contribution in [0.4, 0.5) is 4.79 Å². The Morgan fingerprint density at radius 1 is 1.32 bits per heavy atom. The molecule has 1 saturated heterocycles. The van der Waals surface area contributed by atoms with Gasteiger partial charge in [0.1, 0.15) is 18.2 Å². The lowest BCUT2D eigenvalue weighted by Crippen LogP contribution is -2.48. The second-order valence-corrected chi connectivity index (χ2v) is 7.67. The SMILES string of the molecule is CC1(COC(=O)[C@H](Cc2ccncc2)NC(=O)OC(C)(C)C)COC1. The molecule has 7 heteroatoms. The lowest BCUT2D eigenvalue weighted by molar-refractivity contribution is -0.167. The van der Waals surface area contributed by atoms with Crippen LogP contribution in [0.3, 0.4) is 0 Å². The summed E-state index contributed by atoms with van der Waals surface area (Å²) in [5, 5.41) is 2.61. The van der Waals surface area contributed by atoms with Crippen molar-refractivity contribution in [2.45, 2.75) is 45.8 Å². The summed E-state index contributed by atoms with van der Waals surface area (Å²) in [6, 6.07) is 2.75. The van der Waals surface area contributed by atoms with E-state index < -0.39 is 23.7 Å². The van der Waals surface area contributed by atoms with E-state index in [-0.39, 0.29) is 12.0 Å². The van der Waals surface area contributed by atoms with E-state index in [9.17, 15) is 9.59 Å². The number of alkyl carbamates (subject to hydrolysis) is 1. The van der Waals surface area contributed by atoms with Crippen molar-refractivity contribution in [1.82, 2.24) is 10.3 Å². The van der Waals surface area contributed by atoms with E-state index in [0.29, 0.717) is 19.6 Å². The zero-order chi connectivity index (χ0) is 18.5. The molecule has 0 saturated carbocycles. The van der Waals surface area contributed by atoms with Gasteiger partial charge in [-0.25, -0.2) is 9.59 Å². The molecule has 2 heterocycles. The molecule has 1 N–H and O–H groups in total. The summed E-state index contributed by atoms with van der Waals surface area (Å²) < 4.78 is 15.8. The van der Waals surface area contributed by atoms with Crippen molar-refractivity contribution < 1.29 is 23.8 Å². The van der Waals surface area contributed by atoms with Gasteiger partial charge >= 0.3 is 12.1 Å².